The summed E-state index contributed by atoms with van der Waals surface area (Å²) in [5, 5.41) is 1.70. The van der Waals surface area contributed by atoms with Gasteiger partial charge >= 0.3 is 0 Å². The summed E-state index contributed by atoms with van der Waals surface area (Å²) in [6.45, 7) is 3.42. The number of hydrogen-bond donors (Lipinski definition) is 0. The van der Waals surface area contributed by atoms with Crippen LogP contribution in [0.5, 0.6) is 0 Å². The average molecular weight is 424 g/mol. The van der Waals surface area contributed by atoms with Gasteiger partial charge in [0.05, 0.1) is 18.2 Å². The van der Waals surface area contributed by atoms with Gasteiger partial charge in [-0.1, -0.05) is 41.6 Å². The molecule has 0 spiro atoms. The molecule has 29 heavy (non-hydrogen) atoms. The van der Waals surface area contributed by atoms with Crippen LogP contribution in [0, 0.1) is 6.92 Å². The predicted octanol–water partition coefficient (Wildman–Crippen LogP) is 4.79. The fourth-order valence-corrected chi connectivity index (χ4v) is 5.73. The van der Waals surface area contributed by atoms with Gasteiger partial charge in [0.2, 0.25) is 0 Å². The molecule has 1 unspecified atom stereocenters. The lowest BCUT2D eigenvalue weighted by Crippen LogP contribution is -2.28. The monoisotopic (exact) mass is 423 g/mol. The van der Waals surface area contributed by atoms with Gasteiger partial charge in [-0.15, -0.1) is 11.3 Å². The minimum Gasteiger partial charge on any atom is -0.376 e. The third kappa shape index (κ3) is 3.70. The molecule has 1 saturated heterocycles. The predicted molar refractivity (Wildman–Crippen MR) is 119 cm³/mol. The number of pyridine rings is 1. The molecule has 0 radical (unpaired) electrons. The quantitative estimate of drug-likeness (QED) is 0.341. The zero-order chi connectivity index (χ0) is 19.8. The highest BCUT2D eigenvalue weighted by molar-refractivity contribution is 7.98. The van der Waals surface area contributed by atoms with E-state index in [1.807, 2.05) is 16.7 Å². The number of aryl methyl sites for hydroxylation is 1. The Morgan fingerprint density at radius 1 is 1.31 bits per heavy atom. The van der Waals surface area contributed by atoms with Crippen LogP contribution in [0.15, 0.2) is 52.5 Å². The van der Waals surface area contributed by atoms with Crippen molar-refractivity contribution in [3.63, 3.8) is 0 Å². The second-order valence-corrected chi connectivity index (χ2v) is 9.30. The Morgan fingerprint density at radius 3 is 3.07 bits per heavy atom. The summed E-state index contributed by atoms with van der Waals surface area (Å²) >= 11 is 3.04. The molecule has 0 bridgehead atoms. The van der Waals surface area contributed by atoms with E-state index in [1.165, 1.54) is 22.5 Å². The first-order valence-electron chi connectivity index (χ1n) is 9.77. The van der Waals surface area contributed by atoms with Crippen LogP contribution < -0.4 is 5.56 Å². The first kappa shape index (κ1) is 18.8. The molecule has 0 aliphatic carbocycles. The Balaban J connectivity index is 1.60. The third-order valence-corrected chi connectivity index (χ3v) is 7.32. The summed E-state index contributed by atoms with van der Waals surface area (Å²) < 4.78 is 8.30. The number of thioether (sulfide) groups is 1. The van der Waals surface area contributed by atoms with Gasteiger partial charge in [0, 0.05) is 23.9 Å². The maximum absolute atomic E-state index is 13.4. The molecule has 5 nitrogen and oxygen atoms in total. The average Bonchev–Trinajstić information content (AvgIpc) is 3.37. The molecule has 1 aliphatic heterocycles. The van der Waals surface area contributed by atoms with Crippen LogP contribution in [0.4, 0.5) is 0 Å². The van der Waals surface area contributed by atoms with Gasteiger partial charge in [0.15, 0.2) is 5.16 Å². The van der Waals surface area contributed by atoms with E-state index < -0.39 is 0 Å². The summed E-state index contributed by atoms with van der Waals surface area (Å²) in [6.07, 6.45) is 3.88. The molecule has 1 aromatic carbocycles. The molecule has 7 heteroatoms. The van der Waals surface area contributed by atoms with Crippen LogP contribution in [0.2, 0.25) is 0 Å². The zero-order valence-corrected chi connectivity index (χ0v) is 17.8. The van der Waals surface area contributed by atoms with Crippen LogP contribution in [-0.4, -0.2) is 27.2 Å². The van der Waals surface area contributed by atoms with Gasteiger partial charge in [-0.05, 0) is 37.5 Å². The lowest BCUT2D eigenvalue weighted by molar-refractivity contribution is 0.0938. The van der Waals surface area contributed by atoms with Gasteiger partial charge < -0.3 is 4.74 Å². The second kappa shape index (κ2) is 7.89. The summed E-state index contributed by atoms with van der Waals surface area (Å²) in [5.74, 6) is 0.769. The number of aromatic nitrogens is 3. The van der Waals surface area contributed by atoms with Crippen molar-refractivity contribution in [3.05, 3.63) is 64.1 Å². The lowest BCUT2D eigenvalue weighted by atomic mass is 10.2. The molecule has 0 saturated carbocycles. The molecule has 1 fully saturated rings. The Hall–Kier alpha value is -2.22. The van der Waals surface area contributed by atoms with Crippen molar-refractivity contribution in [1.82, 2.24) is 14.5 Å². The maximum atomic E-state index is 13.4. The van der Waals surface area contributed by atoms with Crippen molar-refractivity contribution >= 4 is 43.5 Å². The van der Waals surface area contributed by atoms with Crippen molar-refractivity contribution in [2.45, 2.75) is 43.3 Å². The highest BCUT2D eigenvalue weighted by atomic mass is 32.2. The fourth-order valence-electron chi connectivity index (χ4n) is 3.75. The summed E-state index contributed by atoms with van der Waals surface area (Å²) in [7, 11) is 0. The Bertz CT molecular complexity index is 1240. The largest absolute Gasteiger partial charge is 0.376 e. The minimum atomic E-state index is 0.0141. The van der Waals surface area contributed by atoms with Crippen molar-refractivity contribution in [3.8, 4) is 0 Å². The van der Waals surface area contributed by atoms with E-state index in [2.05, 4.69) is 36.2 Å². The van der Waals surface area contributed by atoms with Gasteiger partial charge in [0.25, 0.3) is 5.56 Å². The Labute approximate surface area is 176 Å². The smallest absolute Gasteiger partial charge is 0.272 e. The van der Waals surface area contributed by atoms with Crippen LogP contribution in [0.25, 0.3) is 20.4 Å². The van der Waals surface area contributed by atoms with E-state index in [0.717, 1.165) is 46.1 Å². The summed E-state index contributed by atoms with van der Waals surface area (Å²) in [4.78, 5) is 23.6. The number of ether oxygens (including phenoxy) is 1. The van der Waals surface area contributed by atoms with Crippen molar-refractivity contribution < 1.29 is 4.74 Å². The van der Waals surface area contributed by atoms with Crippen molar-refractivity contribution in [2.24, 2.45) is 0 Å². The molecule has 1 atom stereocenters. The van der Waals surface area contributed by atoms with Crippen LogP contribution >= 0.6 is 23.1 Å². The third-order valence-electron chi connectivity index (χ3n) is 5.18. The van der Waals surface area contributed by atoms with E-state index in [9.17, 15) is 4.79 Å². The highest BCUT2D eigenvalue weighted by Gasteiger charge is 2.22. The summed E-state index contributed by atoms with van der Waals surface area (Å²) in [6, 6.07) is 12.3. The van der Waals surface area contributed by atoms with Crippen molar-refractivity contribution in [1.29, 1.82) is 0 Å². The standard InChI is InChI=1S/C22H21N3O2S2/c1-14-5-2-6-15(11-14)13-28-22-24-18-17-8-3-9-23-20(17)29-19(18)21(26)25(22)12-16-7-4-10-27-16/h2-3,5-6,8-9,11,16H,4,7,10,12-13H2,1H3. The molecule has 4 aromatic rings. The van der Waals surface area contributed by atoms with Gasteiger partial charge in [-0.25, -0.2) is 9.97 Å². The Kier molecular flexibility index (Phi) is 5.11. The first-order valence-corrected chi connectivity index (χ1v) is 11.6. The molecule has 5 rings (SSSR count). The van der Waals surface area contributed by atoms with Gasteiger partial charge in [-0.2, -0.15) is 0 Å². The van der Waals surface area contributed by atoms with E-state index in [4.69, 9.17) is 9.72 Å². The second-order valence-electron chi connectivity index (χ2n) is 7.36. The molecule has 148 valence electrons. The molecule has 1 aliphatic rings. The number of rotatable bonds is 5. The van der Waals surface area contributed by atoms with E-state index in [0.29, 0.717) is 11.2 Å². The van der Waals surface area contributed by atoms with E-state index in [1.54, 1.807) is 18.0 Å². The topological polar surface area (TPSA) is 57.0 Å². The van der Waals surface area contributed by atoms with E-state index >= 15 is 0 Å². The maximum Gasteiger partial charge on any atom is 0.272 e. The van der Waals surface area contributed by atoms with Crippen LogP contribution in [-0.2, 0) is 17.0 Å². The first-order chi connectivity index (χ1) is 14.2. The number of nitrogens with zero attached hydrogens (tertiary/aromatic N) is 3. The fraction of sp³-hybridized carbons (Fsp3) is 0.318. The normalized spacial score (nSPS) is 16.8. The molecule has 0 N–H and O–H groups in total. The van der Waals surface area contributed by atoms with Crippen LogP contribution in [0.3, 0.4) is 0 Å². The molecular weight excluding hydrogens is 402 g/mol. The minimum absolute atomic E-state index is 0.0141. The number of fused-ring (bicyclic) bond motifs is 3. The molecule has 4 heterocycles. The molecular formula is C22H21N3O2S2. The molecule has 3 aromatic heterocycles. The highest BCUT2D eigenvalue weighted by Crippen LogP contribution is 2.31. The number of hydrogen-bond acceptors (Lipinski definition) is 6. The zero-order valence-electron chi connectivity index (χ0n) is 16.1. The van der Waals surface area contributed by atoms with E-state index in [-0.39, 0.29) is 11.7 Å². The molecule has 0 amide bonds. The lowest BCUT2D eigenvalue weighted by Gasteiger charge is -2.15. The SMILES string of the molecule is Cc1cccc(CSc2nc3c(sc4ncccc43)c(=O)n2CC2CCCO2)c1. The van der Waals surface area contributed by atoms with Crippen LogP contribution in [0.1, 0.15) is 24.0 Å². The number of thiophene rings is 1. The van der Waals surface area contributed by atoms with Gasteiger partial charge in [0.1, 0.15) is 9.53 Å². The van der Waals surface area contributed by atoms with Crippen molar-refractivity contribution in [2.75, 3.05) is 6.61 Å². The number of benzene rings is 1. The Morgan fingerprint density at radius 2 is 2.24 bits per heavy atom. The summed E-state index contributed by atoms with van der Waals surface area (Å²) in [5.41, 5.74) is 3.24. The van der Waals surface area contributed by atoms with Gasteiger partial charge in [-0.3, -0.25) is 9.36 Å².